The normalized spacial score (nSPS) is 14.5. The van der Waals surface area contributed by atoms with Crippen LogP contribution in [0.5, 0.6) is 0 Å². The van der Waals surface area contributed by atoms with Crippen molar-refractivity contribution >= 4 is 0 Å². The molecule has 0 aliphatic rings. The van der Waals surface area contributed by atoms with Gasteiger partial charge in [0.25, 0.3) is 0 Å². The largest absolute Gasteiger partial charge is 0.433 e. The van der Waals surface area contributed by atoms with Crippen LogP contribution in [0.2, 0.25) is 0 Å². The lowest BCUT2D eigenvalue weighted by Gasteiger charge is -2.23. The molecule has 3 nitrogen and oxygen atoms in total. The van der Waals surface area contributed by atoms with Crippen LogP contribution in [0.4, 0.5) is 17.7 Å². The highest BCUT2D eigenvalue weighted by Gasteiger charge is 2.33. The first-order chi connectivity index (χ1) is 8.63. The summed E-state index contributed by atoms with van der Waals surface area (Å²) in [6.07, 6.45) is -5.74. The minimum Gasteiger partial charge on any atom is -0.309 e. The van der Waals surface area contributed by atoms with Gasteiger partial charge in [-0.05, 0) is 37.4 Å². The predicted molar refractivity (Wildman–Crippen MR) is 61.9 cm³/mol. The second-order valence-corrected chi connectivity index (χ2v) is 5.15. The third-order valence-electron chi connectivity index (χ3n) is 2.32. The van der Waals surface area contributed by atoms with Crippen LogP contribution in [0.15, 0.2) is 18.2 Å². The minimum absolute atomic E-state index is 0.0221. The van der Waals surface area contributed by atoms with Gasteiger partial charge in [0, 0.05) is 12.1 Å². The van der Waals surface area contributed by atoms with Crippen LogP contribution >= 0.6 is 0 Å². The molecular weight excluding hydrogens is 264 g/mol. The van der Waals surface area contributed by atoms with Gasteiger partial charge in [-0.2, -0.15) is 18.1 Å². The summed E-state index contributed by atoms with van der Waals surface area (Å²) in [6, 6.07) is 3.30. The number of nitrogens with one attached hydrogen (secondary N) is 1. The van der Waals surface area contributed by atoms with Crippen molar-refractivity contribution in [3.63, 3.8) is 0 Å². The van der Waals surface area contributed by atoms with Crippen molar-refractivity contribution in [1.82, 2.24) is 10.3 Å². The van der Waals surface area contributed by atoms with Gasteiger partial charge in [0.15, 0.2) is 6.10 Å². The molecule has 1 N–H and O–H groups in total. The van der Waals surface area contributed by atoms with Gasteiger partial charge in [0.05, 0.1) is 5.69 Å². The monoisotopic (exact) mass is 280 g/mol. The molecule has 0 aliphatic carbocycles. The van der Waals surface area contributed by atoms with Crippen LogP contribution in [0, 0.1) is 0 Å². The summed E-state index contributed by atoms with van der Waals surface area (Å²) >= 11 is 0. The number of nitrogens with zero attached hydrogens (tertiary/aromatic N) is 1. The standard InChI is InChI=1S/C12H16F4N2O/c1-11(2,3)17-7-9(19-16)8-5-4-6-10(18-8)12(13,14)15/h4-6,9,17H,7H2,1-3H3. The maximum atomic E-state index is 12.5. The predicted octanol–water partition coefficient (Wildman–Crippen LogP) is 3.43. The number of hydrogen-bond donors (Lipinski definition) is 1. The first-order valence-electron chi connectivity index (χ1n) is 5.70. The van der Waals surface area contributed by atoms with Crippen LogP contribution in [-0.4, -0.2) is 17.1 Å². The summed E-state index contributed by atoms with van der Waals surface area (Å²) in [5, 5.41) is 2.94. The molecule has 1 aromatic heterocycles. The Hall–Kier alpha value is -1.21. The Labute approximate surface area is 108 Å². The molecule has 0 bridgehead atoms. The zero-order valence-electron chi connectivity index (χ0n) is 10.9. The lowest BCUT2D eigenvalue weighted by Crippen LogP contribution is -2.39. The molecule has 1 heterocycles. The van der Waals surface area contributed by atoms with Gasteiger partial charge in [-0.3, -0.25) is 0 Å². The van der Waals surface area contributed by atoms with Gasteiger partial charge < -0.3 is 5.32 Å². The van der Waals surface area contributed by atoms with Crippen LogP contribution < -0.4 is 5.32 Å². The van der Waals surface area contributed by atoms with Crippen LogP contribution in [-0.2, 0) is 11.1 Å². The van der Waals surface area contributed by atoms with E-state index in [9.17, 15) is 17.7 Å². The highest BCUT2D eigenvalue weighted by Crippen LogP contribution is 2.28. The van der Waals surface area contributed by atoms with Crippen LogP contribution in [0.1, 0.15) is 38.3 Å². The Kier molecular flexibility index (Phi) is 4.86. The van der Waals surface area contributed by atoms with Crippen molar-refractivity contribution in [2.24, 2.45) is 0 Å². The van der Waals surface area contributed by atoms with Gasteiger partial charge >= 0.3 is 6.18 Å². The summed E-state index contributed by atoms with van der Waals surface area (Å²) in [4.78, 5) is 7.09. The van der Waals surface area contributed by atoms with Gasteiger partial charge in [0.1, 0.15) is 5.69 Å². The maximum Gasteiger partial charge on any atom is 0.433 e. The minimum atomic E-state index is -4.56. The number of pyridine rings is 1. The molecule has 1 aromatic rings. The van der Waals surface area contributed by atoms with E-state index < -0.39 is 18.0 Å². The number of hydrogen-bond acceptors (Lipinski definition) is 3. The molecule has 7 heteroatoms. The molecule has 1 atom stereocenters. The molecule has 0 spiro atoms. The Morgan fingerprint density at radius 2 is 1.89 bits per heavy atom. The highest BCUT2D eigenvalue weighted by atomic mass is 19.4. The quantitative estimate of drug-likeness (QED) is 0.858. The molecule has 0 saturated heterocycles. The molecule has 0 aliphatic heterocycles. The Bertz CT molecular complexity index is 415. The van der Waals surface area contributed by atoms with Crippen molar-refractivity contribution in [1.29, 1.82) is 0 Å². The summed E-state index contributed by atoms with van der Waals surface area (Å²) < 4.78 is 50.0. The molecule has 0 radical (unpaired) electrons. The molecule has 108 valence electrons. The first-order valence-corrected chi connectivity index (χ1v) is 5.70. The van der Waals surface area contributed by atoms with Crippen molar-refractivity contribution in [3.8, 4) is 0 Å². The number of rotatable bonds is 4. The van der Waals surface area contributed by atoms with Gasteiger partial charge in [-0.15, -0.1) is 0 Å². The van der Waals surface area contributed by atoms with Gasteiger partial charge in [0.2, 0.25) is 0 Å². The second kappa shape index (κ2) is 5.83. The molecule has 0 amide bonds. The fourth-order valence-corrected chi connectivity index (χ4v) is 1.37. The highest BCUT2D eigenvalue weighted by molar-refractivity contribution is 5.15. The van der Waals surface area contributed by atoms with Crippen LogP contribution in [0.3, 0.4) is 0 Å². The van der Waals surface area contributed by atoms with Crippen molar-refractivity contribution in [2.75, 3.05) is 6.54 Å². The van der Waals surface area contributed by atoms with E-state index in [0.29, 0.717) is 0 Å². The lowest BCUT2D eigenvalue weighted by atomic mass is 10.1. The van der Waals surface area contributed by atoms with E-state index in [1.807, 2.05) is 20.8 Å². The molecule has 1 unspecified atom stereocenters. The molecule has 0 fully saturated rings. The van der Waals surface area contributed by atoms with Gasteiger partial charge in [-0.1, -0.05) is 6.07 Å². The van der Waals surface area contributed by atoms with Gasteiger partial charge in [-0.25, -0.2) is 4.98 Å². The zero-order valence-corrected chi connectivity index (χ0v) is 10.9. The molecule has 19 heavy (non-hydrogen) atoms. The molecular formula is C12H16F4N2O. The Morgan fingerprint density at radius 1 is 1.26 bits per heavy atom. The number of alkyl halides is 3. The number of halogens is 4. The SMILES string of the molecule is CC(C)(C)NCC(OF)c1cccc(C(F)(F)F)n1. The van der Waals surface area contributed by atoms with Crippen molar-refractivity contribution < 1.29 is 22.6 Å². The van der Waals surface area contributed by atoms with Crippen molar-refractivity contribution in [2.45, 2.75) is 38.6 Å². The Morgan fingerprint density at radius 3 is 2.37 bits per heavy atom. The summed E-state index contributed by atoms with van der Waals surface area (Å²) in [5.41, 5.74) is -1.48. The van der Waals surface area contributed by atoms with E-state index in [1.165, 1.54) is 12.1 Å². The van der Waals surface area contributed by atoms with E-state index in [0.717, 1.165) is 6.07 Å². The molecule has 0 saturated carbocycles. The van der Waals surface area contributed by atoms with E-state index in [1.54, 1.807) is 0 Å². The smallest absolute Gasteiger partial charge is 0.309 e. The first kappa shape index (κ1) is 15.8. The third kappa shape index (κ3) is 5.12. The van der Waals surface area contributed by atoms with E-state index in [-0.39, 0.29) is 17.8 Å². The molecule has 0 aromatic carbocycles. The number of aromatic nitrogens is 1. The summed E-state index contributed by atoms with van der Waals surface area (Å²) in [7, 11) is 0. The third-order valence-corrected chi connectivity index (χ3v) is 2.32. The van der Waals surface area contributed by atoms with E-state index >= 15 is 0 Å². The van der Waals surface area contributed by atoms with E-state index in [2.05, 4.69) is 15.2 Å². The fraction of sp³-hybridized carbons (Fsp3) is 0.583. The summed E-state index contributed by atoms with van der Waals surface area (Å²) in [6.45, 7) is 5.57. The van der Waals surface area contributed by atoms with Crippen LogP contribution in [0.25, 0.3) is 0 Å². The summed E-state index contributed by atoms with van der Waals surface area (Å²) in [5.74, 6) is 0. The average molecular weight is 280 g/mol. The molecule has 1 rings (SSSR count). The zero-order chi connectivity index (χ0) is 14.7. The van der Waals surface area contributed by atoms with E-state index in [4.69, 9.17) is 0 Å². The Balaban J connectivity index is 2.87. The average Bonchev–Trinajstić information content (AvgIpc) is 2.27. The lowest BCUT2D eigenvalue weighted by molar-refractivity contribution is -0.183. The van der Waals surface area contributed by atoms with Crippen molar-refractivity contribution in [3.05, 3.63) is 29.6 Å². The second-order valence-electron chi connectivity index (χ2n) is 5.15. The maximum absolute atomic E-state index is 12.5. The topological polar surface area (TPSA) is 34.1 Å². The fourth-order valence-electron chi connectivity index (χ4n) is 1.37.